The van der Waals surface area contributed by atoms with Crippen LogP contribution in [0, 0.1) is 11.3 Å². The maximum atomic E-state index is 12.6. The Morgan fingerprint density at radius 2 is 2.00 bits per heavy atom. The summed E-state index contributed by atoms with van der Waals surface area (Å²) in [6.07, 6.45) is 7.09. The van der Waals surface area contributed by atoms with E-state index in [4.69, 9.17) is 10.00 Å². The summed E-state index contributed by atoms with van der Waals surface area (Å²) in [4.78, 5) is 14.6. The summed E-state index contributed by atoms with van der Waals surface area (Å²) >= 11 is 0. The summed E-state index contributed by atoms with van der Waals surface area (Å²) in [5.41, 5.74) is 2.83. The molecule has 0 spiro atoms. The van der Waals surface area contributed by atoms with E-state index < -0.39 is 5.60 Å². The number of ether oxygens (including phenoxy) is 1. The highest BCUT2D eigenvalue weighted by molar-refractivity contribution is 5.70. The number of piperidine rings is 1. The Morgan fingerprint density at radius 3 is 2.60 bits per heavy atom. The molecule has 0 aliphatic carbocycles. The number of hydrogen-bond acceptors (Lipinski definition) is 3. The number of amides is 1. The van der Waals surface area contributed by atoms with Gasteiger partial charge in [-0.1, -0.05) is 23.8 Å². The molecule has 2 aliphatic rings. The monoisotopic (exact) mass is 338 g/mol. The van der Waals surface area contributed by atoms with Crippen LogP contribution in [0.5, 0.6) is 0 Å². The van der Waals surface area contributed by atoms with Crippen molar-refractivity contribution < 1.29 is 9.53 Å². The summed E-state index contributed by atoms with van der Waals surface area (Å²) in [7, 11) is 0. The van der Waals surface area contributed by atoms with E-state index in [1.807, 2.05) is 49.9 Å². The Hall–Kier alpha value is -2.28. The van der Waals surface area contributed by atoms with Crippen molar-refractivity contribution in [2.45, 2.75) is 70.6 Å². The fraction of sp³-hybridized carbons (Fsp3) is 0.524. The molecule has 2 aliphatic heterocycles. The molecule has 132 valence electrons. The van der Waals surface area contributed by atoms with Crippen LogP contribution < -0.4 is 0 Å². The molecule has 2 bridgehead atoms. The first kappa shape index (κ1) is 17.5. The lowest BCUT2D eigenvalue weighted by Gasteiger charge is -2.45. The van der Waals surface area contributed by atoms with Gasteiger partial charge in [0.1, 0.15) is 5.60 Å². The van der Waals surface area contributed by atoms with Gasteiger partial charge in [0.25, 0.3) is 0 Å². The standard InChI is InChI=1S/C21H26N2O2/c1-21(2,3)25-20(24)23-18-5-4-6-19(23)13-17(12-18)11-15-7-9-16(14-22)10-8-15/h7-10,12,18-19H,4-6,11,13H2,1-3H3. The molecule has 2 atom stereocenters. The molecule has 0 N–H and O–H groups in total. The summed E-state index contributed by atoms with van der Waals surface area (Å²) in [6.45, 7) is 5.74. The fourth-order valence-electron chi connectivity index (χ4n) is 3.81. The topological polar surface area (TPSA) is 53.3 Å². The maximum absolute atomic E-state index is 12.6. The van der Waals surface area contributed by atoms with Crippen molar-refractivity contribution in [2.75, 3.05) is 0 Å². The van der Waals surface area contributed by atoms with Gasteiger partial charge in [-0.3, -0.25) is 4.90 Å². The second-order valence-electron chi connectivity index (χ2n) is 8.05. The van der Waals surface area contributed by atoms with Crippen molar-refractivity contribution in [3.05, 3.63) is 47.0 Å². The van der Waals surface area contributed by atoms with Crippen LogP contribution in [0.2, 0.25) is 0 Å². The van der Waals surface area contributed by atoms with Crippen LogP contribution >= 0.6 is 0 Å². The zero-order chi connectivity index (χ0) is 18.0. The van der Waals surface area contributed by atoms with E-state index in [0.717, 1.165) is 32.1 Å². The van der Waals surface area contributed by atoms with Crippen LogP contribution in [0.4, 0.5) is 4.79 Å². The van der Waals surface area contributed by atoms with Gasteiger partial charge >= 0.3 is 6.09 Å². The van der Waals surface area contributed by atoms with Crippen LogP contribution in [0.3, 0.4) is 0 Å². The van der Waals surface area contributed by atoms with Crippen molar-refractivity contribution in [3.8, 4) is 6.07 Å². The van der Waals surface area contributed by atoms with Crippen molar-refractivity contribution >= 4 is 6.09 Å². The summed E-state index contributed by atoms with van der Waals surface area (Å²) in [5, 5.41) is 8.91. The normalized spacial score (nSPS) is 22.8. The van der Waals surface area contributed by atoms with Gasteiger partial charge < -0.3 is 4.74 Å². The largest absolute Gasteiger partial charge is 0.444 e. The highest BCUT2D eigenvalue weighted by atomic mass is 16.6. The Morgan fingerprint density at radius 1 is 1.28 bits per heavy atom. The lowest BCUT2D eigenvalue weighted by molar-refractivity contribution is -0.00150. The molecule has 4 nitrogen and oxygen atoms in total. The minimum atomic E-state index is -0.460. The number of carbonyl (C=O) groups excluding carboxylic acids is 1. The van der Waals surface area contributed by atoms with Crippen molar-refractivity contribution in [1.29, 1.82) is 5.26 Å². The van der Waals surface area contributed by atoms with Gasteiger partial charge in [-0.15, -0.1) is 0 Å². The van der Waals surface area contributed by atoms with Gasteiger partial charge in [0, 0.05) is 6.04 Å². The Bertz CT molecular complexity index is 707. The second kappa shape index (κ2) is 6.92. The van der Waals surface area contributed by atoms with Crippen LogP contribution in [-0.4, -0.2) is 28.7 Å². The smallest absolute Gasteiger partial charge is 0.411 e. The van der Waals surface area contributed by atoms with Crippen molar-refractivity contribution in [1.82, 2.24) is 4.90 Å². The molecule has 2 heterocycles. The number of fused-ring (bicyclic) bond motifs is 2. The van der Waals surface area contributed by atoms with Gasteiger partial charge in [0.15, 0.2) is 0 Å². The van der Waals surface area contributed by atoms with Crippen LogP contribution in [0.25, 0.3) is 0 Å². The second-order valence-corrected chi connectivity index (χ2v) is 8.05. The van der Waals surface area contributed by atoms with E-state index in [9.17, 15) is 4.79 Å². The van der Waals surface area contributed by atoms with E-state index in [-0.39, 0.29) is 18.2 Å². The first-order valence-electron chi connectivity index (χ1n) is 9.05. The summed E-state index contributed by atoms with van der Waals surface area (Å²) in [6, 6.07) is 10.3. The molecule has 0 radical (unpaired) electrons. The van der Waals surface area contributed by atoms with Crippen LogP contribution in [-0.2, 0) is 11.2 Å². The van der Waals surface area contributed by atoms with E-state index in [1.165, 1.54) is 11.1 Å². The lowest BCUT2D eigenvalue weighted by atomic mass is 9.83. The van der Waals surface area contributed by atoms with E-state index >= 15 is 0 Å². The minimum absolute atomic E-state index is 0.149. The number of rotatable bonds is 2. The molecule has 2 unspecified atom stereocenters. The molecule has 1 fully saturated rings. The van der Waals surface area contributed by atoms with Gasteiger partial charge in [-0.25, -0.2) is 4.79 Å². The zero-order valence-electron chi connectivity index (χ0n) is 15.3. The summed E-state index contributed by atoms with van der Waals surface area (Å²) < 4.78 is 5.62. The number of nitrogens with zero attached hydrogens (tertiary/aromatic N) is 2. The maximum Gasteiger partial charge on any atom is 0.411 e. The van der Waals surface area contributed by atoms with E-state index in [2.05, 4.69) is 12.1 Å². The molecule has 4 heteroatoms. The molecular weight excluding hydrogens is 312 g/mol. The highest BCUT2D eigenvalue weighted by Gasteiger charge is 2.38. The Balaban J connectivity index is 1.74. The number of carbonyl (C=O) groups is 1. The van der Waals surface area contributed by atoms with E-state index in [0.29, 0.717) is 5.56 Å². The van der Waals surface area contributed by atoms with Crippen molar-refractivity contribution in [2.24, 2.45) is 0 Å². The molecule has 0 aromatic heterocycles. The third kappa shape index (κ3) is 4.22. The van der Waals surface area contributed by atoms with Gasteiger partial charge in [0.05, 0.1) is 17.7 Å². The van der Waals surface area contributed by atoms with Gasteiger partial charge in [-0.05, 0) is 70.6 Å². The first-order chi connectivity index (χ1) is 11.9. The lowest BCUT2D eigenvalue weighted by Crippen LogP contribution is -2.53. The fourth-order valence-corrected chi connectivity index (χ4v) is 3.81. The van der Waals surface area contributed by atoms with Crippen molar-refractivity contribution in [3.63, 3.8) is 0 Å². The number of nitriles is 1. The quantitative estimate of drug-likeness (QED) is 0.741. The van der Waals surface area contributed by atoms with Gasteiger partial charge in [0.2, 0.25) is 0 Å². The molecule has 25 heavy (non-hydrogen) atoms. The van der Waals surface area contributed by atoms with Crippen LogP contribution in [0.1, 0.15) is 57.6 Å². The Kier molecular flexibility index (Phi) is 4.85. The minimum Gasteiger partial charge on any atom is -0.444 e. The molecule has 0 saturated carbocycles. The summed E-state index contributed by atoms with van der Waals surface area (Å²) in [5.74, 6) is 0. The average Bonchev–Trinajstić information content (AvgIpc) is 2.53. The third-order valence-electron chi connectivity index (χ3n) is 4.83. The molecule has 1 aromatic carbocycles. The first-order valence-corrected chi connectivity index (χ1v) is 9.05. The zero-order valence-corrected chi connectivity index (χ0v) is 15.3. The molecule has 1 amide bonds. The SMILES string of the molecule is CC(C)(C)OC(=O)N1C2C=C(Cc3ccc(C#N)cc3)CC1CCC2. The number of benzene rings is 1. The molecule has 1 aromatic rings. The number of hydrogen-bond donors (Lipinski definition) is 0. The predicted molar refractivity (Wildman–Crippen MR) is 97.1 cm³/mol. The average molecular weight is 338 g/mol. The van der Waals surface area contributed by atoms with Crippen LogP contribution in [0.15, 0.2) is 35.9 Å². The molecular formula is C21H26N2O2. The van der Waals surface area contributed by atoms with Gasteiger partial charge in [-0.2, -0.15) is 5.26 Å². The predicted octanol–water partition coefficient (Wildman–Crippen LogP) is 4.59. The Labute approximate surface area is 150 Å². The molecule has 1 saturated heterocycles. The third-order valence-corrected chi connectivity index (χ3v) is 4.83. The highest BCUT2D eigenvalue weighted by Crippen LogP contribution is 2.35. The van der Waals surface area contributed by atoms with E-state index in [1.54, 1.807) is 0 Å². The molecule has 3 rings (SSSR count).